The van der Waals surface area contributed by atoms with Crippen molar-refractivity contribution in [3.63, 3.8) is 0 Å². The number of hydrogen-bond donors (Lipinski definition) is 0. The number of halogens is 4. The maximum absolute atomic E-state index is 11.9. The standard InChI is InChI=1S/C8H6BrF3O2S/c1-15(13)7-3-5(9)2-6(4-7)14-8(10,11)12/h2-4H,1H3. The lowest BCUT2D eigenvalue weighted by Crippen LogP contribution is -2.17. The summed E-state index contributed by atoms with van der Waals surface area (Å²) in [6, 6.07) is 3.72. The quantitative estimate of drug-likeness (QED) is 0.839. The maximum atomic E-state index is 11.9. The summed E-state index contributed by atoms with van der Waals surface area (Å²) in [5, 5.41) is 0. The van der Waals surface area contributed by atoms with Gasteiger partial charge in [-0.1, -0.05) is 15.9 Å². The Morgan fingerprint density at radius 3 is 2.40 bits per heavy atom. The first kappa shape index (κ1) is 12.5. The van der Waals surface area contributed by atoms with Crippen LogP contribution in [-0.4, -0.2) is 16.8 Å². The van der Waals surface area contributed by atoms with Crippen LogP contribution in [0.15, 0.2) is 27.6 Å². The van der Waals surface area contributed by atoms with Gasteiger partial charge in [-0.05, 0) is 18.2 Å². The smallest absolute Gasteiger partial charge is 0.406 e. The summed E-state index contributed by atoms with van der Waals surface area (Å²) in [5.74, 6) is -0.387. The molecule has 0 aliphatic rings. The molecule has 0 spiro atoms. The fourth-order valence-corrected chi connectivity index (χ4v) is 2.09. The summed E-state index contributed by atoms with van der Waals surface area (Å²) < 4.78 is 50.8. The molecule has 0 radical (unpaired) electrons. The minimum absolute atomic E-state index is 0.267. The van der Waals surface area contributed by atoms with E-state index in [-0.39, 0.29) is 10.6 Å². The van der Waals surface area contributed by atoms with Crippen molar-refractivity contribution in [2.24, 2.45) is 0 Å². The molecule has 1 unspecified atom stereocenters. The lowest BCUT2D eigenvalue weighted by atomic mass is 10.3. The normalized spacial score (nSPS) is 13.7. The molecule has 15 heavy (non-hydrogen) atoms. The molecule has 0 saturated heterocycles. The van der Waals surface area contributed by atoms with Gasteiger partial charge in [0.25, 0.3) is 0 Å². The largest absolute Gasteiger partial charge is 0.573 e. The van der Waals surface area contributed by atoms with Crippen LogP contribution >= 0.6 is 15.9 Å². The second-order valence-corrected chi connectivity index (χ2v) is 4.92. The van der Waals surface area contributed by atoms with Crippen molar-refractivity contribution in [2.75, 3.05) is 6.26 Å². The van der Waals surface area contributed by atoms with Gasteiger partial charge in [-0.15, -0.1) is 13.2 Å². The van der Waals surface area contributed by atoms with E-state index >= 15 is 0 Å². The summed E-state index contributed by atoms with van der Waals surface area (Å²) in [4.78, 5) is 0.267. The zero-order valence-electron chi connectivity index (χ0n) is 7.47. The van der Waals surface area contributed by atoms with E-state index in [2.05, 4.69) is 20.7 Å². The Morgan fingerprint density at radius 1 is 1.33 bits per heavy atom. The van der Waals surface area contributed by atoms with Gasteiger partial charge in [-0.3, -0.25) is 4.21 Å². The highest BCUT2D eigenvalue weighted by molar-refractivity contribution is 9.10. The molecule has 0 bridgehead atoms. The second-order valence-electron chi connectivity index (χ2n) is 2.62. The van der Waals surface area contributed by atoms with Crippen molar-refractivity contribution >= 4 is 26.7 Å². The van der Waals surface area contributed by atoms with Gasteiger partial charge in [-0.25, -0.2) is 0 Å². The first-order valence-corrected chi connectivity index (χ1v) is 6.03. The van der Waals surface area contributed by atoms with Gasteiger partial charge in [0.15, 0.2) is 0 Å². The molecule has 7 heteroatoms. The van der Waals surface area contributed by atoms with Crippen molar-refractivity contribution in [3.8, 4) is 5.75 Å². The third-order valence-electron chi connectivity index (χ3n) is 1.41. The van der Waals surface area contributed by atoms with E-state index in [1.54, 1.807) is 0 Å². The van der Waals surface area contributed by atoms with Crippen LogP contribution in [0.3, 0.4) is 0 Å². The van der Waals surface area contributed by atoms with Crippen LogP contribution in [0.1, 0.15) is 0 Å². The fraction of sp³-hybridized carbons (Fsp3) is 0.250. The Kier molecular flexibility index (Phi) is 3.77. The van der Waals surface area contributed by atoms with Gasteiger partial charge in [0.1, 0.15) is 5.75 Å². The van der Waals surface area contributed by atoms with Crippen molar-refractivity contribution in [1.82, 2.24) is 0 Å². The molecule has 1 aromatic carbocycles. The van der Waals surface area contributed by atoms with Crippen molar-refractivity contribution in [2.45, 2.75) is 11.3 Å². The molecule has 0 saturated carbocycles. The van der Waals surface area contributed by atoms with E-state index in [1.807, 2.05) is 0 Å². The predicted molar refractivity (Wildman–Crippen MR) is 53.2 cm³/mol. The van der Waals surface area contributed by atoms with E-state index in [0.29, 0.717) is 4.47 Å². The summed E-state index contributed by atoms with van der Waals surface area (Å²) in [6.07, 6.45) is -3.37. The molecule has 0 amide bonds. The Hall–Kier alpha value is -0.560. The first-order chi connectivity index (χ1) is 6.78. The summed E-state index contributed by atoms with van der Waals surface area (Å²) in [7, 11) is -1.36. The maximum Gasteiger partial charge on any atom is 0.573 e. The zero-order valence-corrected chi connectivity index (χ0v) is 9.87. The Balaban J connectivity index is 3.04. The summed E-state index contributed by atoms with van der Waals surface area (Å²) in [5.41, 5.74) is 0. The number of rotatable bonds is 2. The topological polar surface area (TPSA) is 26.3 Å². The van der Waals surface area contributed by atoms with Crippen LogP contribution < -0.4 is 4.74 Å². The van der Waals surface area contributed by atoms with E-state index in [9.17, 15) is 17.4 Å². The minimum atomic E-state index is -4.74. The molecule has 0 heterocycles. The summed E-state index contributed by atoms with van der Waals surface area (Å²) in [6.45, 7) is 0. The molecule has 1 atom stereocenters. The van der Waals surface area contributed by atoms with Crippen molar-refractivity contribution in [1.29, 1.82) is 0 Å². The van der Waals surface area contributed by atoms with Gasteiger partial charge in [0.05, 0.1) is 0 Å². The van der Waals surface area contributed by atoms with E-state index in [1.165, 1.54) is 12.3 Å². The Morgan fingerprint density at radius 2 is 1.93 bits per heavy atom. The third kappa shape index (κ3) is 4.21. The Bertz CT molecular complexity index is 392. The SMILES string of the molecule is CS(=O)c1cc(Br)cc(OC(F)(F)F)c1. The summed E-state index contributed by atoms with van der Waals surface area (Å²) >= 11 is 3.01. The molecule has 1 rings (SSSR count). The molecule has 0 aliphatic carbocycles. The molecule has 0 aliphatic heterocycles. The number of benzene rings is 1. The van der Waals surface area contributed by atoms with Crippen LogP contribution in [0.5, 0.6) is 5.75 Å². The molecular weight excluding hydrogens is 297 g/mol. The van der Waals surface area contributed by atoms with Gasteiger partial charge in [0, 0.05) is 26.4 Å². The third-order valence-corrected chi connectivity index (χ3v) is 2.77. The van der Waals surface area contributed by atoms with Crippen LogP contribution in [-0.2, 0) is 10.8 Å². The first-order valence-electron chi connectivity index (χ1n) is 3.68. The average Bonchev–Trinajstić information content (AvgIpc) is 1.99. The highest BCUT2D eigenvalue weighted by Crippen LogP contribution is 2.28. The molecule has 0 aromatic heterocycles. The van der Waals surface area contributed by atoms with Gasteiger partial charge in [0.2, 0.25) is 0 Å². The van der Waals surface area contributed by atoms with E-state index in [0.717, 1.165) is 12.1 Å². The van der Waals surface area contributed by atoms with E-state index in [4.69, 9.17) is 0 Å². The highest BCUT2D eigenvalue weighted by atomic mass is 79.9. The Labute approximate surface area is 95.0 Å². The van der Waals surface area contributed by atoms with Crippen LogP contribution in [0.4, 0.5) is 13.2 Å². The lowest BCUT2D eigenvalue weighted by molar-refractivity contribution is -0.274. The molecular formula is C8H6BrF3O2S. The minimum Gasteiger partial charge on any atom is -0.406 e. The molecule has 1 aromatic rings. The van der Waals surface area contributed by atoms with Gasteiger partial charge in [-0.2, -0.15) is 0 Å². The van der Waals surface area contributed by atoms with Crippen molar-refractivity contribution in [3.05, 3.63) is 22.7 Å². The van der Waals surface area contributed by atoms with Gasteiger partial charge >= 0.3 is 6.36 Å². The average molecular weight is 303 g/mol. The molecule has 84 valence electrons. The fourth-order valence-electron chi connectivity index (χ4n) is 0.896. The number of ether oxygens (including phenoxy) is 1. The van der Waals surface area contributed by atoms with E-state index < -0.39 is 17.2 Å². The molecule has 0 N–H and O–H groups in total. The highest BCUT2D eigenvalue weighted by Gasteiger charge is 2.31. The predicted octanol–water partition coefficient (Wildman–Crippen LogP) is 3.09. The van der Waals surface area contributed by atoms with Crippen LogP contribution in [0.25, 0.3) is 0 Å². The zero-order chi connectivity index (χ0) is 11.6. The molecule has 2 nitrogen and oxygen atoms in total. The van der Waals surface area contributed by atoms with Crippen molar-refractivity contribution < 1.29 is 22.1 Å². The monoisotopic (exact) mass is 302 g/mol. The second kappa shape index (κ2) is 4.52. The van der Waals surface area contributed by atoms with Gasteiger partial charge < -0.3 is 4.74 Å². The lowest BCUT2D eigenvalue weighted by Gasteiger charge is -2.10. The van der Waals surface area contributed by atoms with Crippen LogP contribution in [0, 0.1) is 0 Å². The molecule has 0 fully saturated rings. The number of hydrogen-bond acceptors (Lipinski definition) is 2. The van der Waals surface area contributed by atoms with Crippen LogP contribution in [0.2, 0.25) is 0 Å². The number of alkyl halides is 3.